The molecule has 0 radical (unpaired) electrons. The van der Waals surface area contributed by atoms with Crippen molar-refractivity contribution in [1.29, 1.82) is 0 Å². The Balaban J connectivity index is 1.91. The van der Waals surface area contributed by atoms with Crippen LogP contribution >= 0.6 is 33.9 Å². The predicted octanol–water partition coefficient (Wildman–Crippen LogP) is 3.87. The van der Waals surface area contributed by atoms with Gasteiger partial charge in [0.15, 0.2) is 0 Å². The number of nitrogens with one attached hydrogen (secondary N) is 1. The first-order valence-corrected chi connectivity index (χ1v) is 9.29. The highest BCUT2D eigenvalue weighted by molar-refractivity contribution is 14.1. The van der Waals surface area contributed by atoms with Crippen LogP contribution in [0, 0.1) is 3.57 Å². The minimum atomic E-state index is -0.149. The van der Waals surface area contributed by atoms with Gasteiger partial charge in [-0.05, 0) is 46.7 Å². The number of amides is 1. The van der Waals surface area contributed by atoms with Crippen LogP contribution in [0.4, 0.5) is 0 Å². The third-order valence-corrected chi connectivity index (χ3v) is 4.93. The number of hydrogen-bond donors (Lipinski definition) is 2. The minimum absolute atomic E-state index is 0.0674. The third-order valence-electron chi connectivity index (χ3n) is 3.28. The molecule has 1 unspecified atom stereocenters. The Morgan fingerprint density at radius 2 is 2.32 bits per heavy atom. The normalized spacial score (nSPS) is 12.1. The van der Waals surface area contributed by atoms with Crippen LogP contribution in [0.5, 0.6) is 0 Å². The van der Waals surface area contributed by atoms with Gasteiger partial charge in [-0.15, -0.1) is 11.3 Å². The monoisotopic (exact) mass is 429 g/mol. The highest BCUT2D eigenvalue weighted by Crippen LogP contribution is 2.21. The summed E-state index contributed by atoms with van der Waals surface area (Å²) in [6.45, 7) is 2.64. The third kappa shape index (κ3) is 5.03. The van der Waals surface area contributed by atoms with Crippen molar-refractivity contribution < 1.29 is 4.79 Å². The average molecular weight is 429 g/mol. The molecule has 2 aromatic rings. The van der Waals surface area contributed by atoms with Crippen molar-refractivity contribution in [2.45, 2.75) is 38.8 Å². The number of thiazole rings is 1. The number of hydrogen-bond acceptors (Lipinski definition) is 4. The number of aromatic nitrogens is 1. The summed E-state index contributed by atoms with van der Waals surface area (Å²) in [6, 6.07) is 7.98. The Morgan fingerprint density at radius 3 is 3.05 bits per heavy atom. The van der Waals surface area contributed by atoms with E-state index in [0.29, 0.717) is 12.2 Å². The van der Waals surface area contributed by atoms with E-state index in [2.05, 4.69) is 39.8 Å². The second kappa shape index (κ2) is 8.59. The summed E-state index contributed by atoms with van der Waals surface area (Å²) in [4.78, 5) is 16.5. The Hall–Kier alpha value is -0.990. The summed E-state index contributed by atoms with van der Waals surface area (Å²) in [5, 5.41) is 5.52. The van der Waals surface area contributed by atoms with Crippen molar-refractivity contribution >= 4 is 39.8 Å². The molecule has 2 rings (SSSR count). The molecular formula is C16H20IN3OS. The standard InChI is InChI=1S/C16H20IN3OS/c1-2-3-7-13(18)16-20-14(10-22-16)15(21)19-9-11-5-4-6-12(17)8-11/h4-6,8,10,13H,2-3,7,9,18H2,1H3,(H,19,21). The van der Waals surface area contributed by atoms with Crippen molar-refractivity contribution in [2.24, 2.45) is 5.73 Å². The number of nitrogens with zero attached hydrogens (tertiary/aromatic N) is 1. The van der Waals surface area contributed by atoms with E-state index < -0.39 is 0 Å². The first-order valence-electron chi connectivity index (χ1n) is 7.33. The molecule has 118 valence electrons. The van der Waals surface area contributed by atoms with Gasteiger partial charge < -0.3 is 11.1 Å². The number of carbonyl (C=O) groups excluding carboxylic acids is 1. The summed E-state index contributed by atoms with van der Waals surface area (Å²) in [6.07, 6.45) is 3.10. The molecule has 1 aromatic carbocycles. The molecule has 0 aliphatic heterocycles. The molecule has 0 aliphatic rings. The number of benzene rings is 1. The molecule has 0 spiro atoms. The lowest BCUT2D eigenvalue weighted by molar-refractivity contribution is 0.0946. The van der Waals surface area contributed by atoms with Gasteiger partial charge in [-0.25, -0.2) is 4.98 Å². The SMILES string of the molecule is CCCCC(N)c1nc(C(=O)NCc2cccc(I)c2)cs1. The predicted molar refractivity (Wildman–Crippen MR) is 98.9 cm³/mol. The summed E-state index contributed by atoms with van der Waals surface area (Å²) in [5.41, 5.74) is 7.63. The maximum absolute atomic E-state index is 12.1. The van der Waals surface area contributed by atoms with Crippen LogP contribution in [-0.2, 0) is 6.54 Å². The molecule has 1 atom stereocenters. The zero-order valence-electron chi connectivity index (χ0n) is 12.5. The second-order valence-electron chi connectivity index (χ2n) is 5.13. The van der Waals surface area contributed by atoms with Crippen LogP contribution in [0.3, 0.4) is 0 Å². The Morgan fingerprint density at radius 1 is 1.50 bits per heavy atom. The van der Waals surface area contributed by atoms with Gasteiger partial charge in [-0.3, -0.25) is 4.79 Å². The van der Waals surface area contributed by atoms with E-state index in [4.69, 9.17) is 5.73 Å². The highest BCUT2D eigenvalue weighted by atomic mass is 127. The first kappa shape index (κ1) is 17.4. The van der Waals surface area contributed by atoms with Gasteiger partial charge in [0.25, 0.3) is 5.91 Å². The summed E-state index contributed by atoms with van der Waals surface area (Å²) >= 11 is 3.72. The van der Waals surface area contributed by atoms with Gasteiger partial charge >= 0.3 is 0 Å². The van der Waals surface area contributed by atoms with E-state index in [0.717, 1.165) is 33.4 Å². The van der Waals surface area contributed by atoms with E-state index in [-0.39, 0.29) is 11.9 Å². The Bertz CT molecular complexity index is 629. The number of halogens is 1. The quantitative estimate of drug-likeness (QED) is 0.657. The number of rotatable bonds is 7. The largest absolute Gasteiger partial charge is 0.347 e. The maximum Gasteiger partial charge on any atom is 0.271 e. The van der Waals surface area contributed by atoms with Gasteiger partial charge in [-0.2, -0.15) is 0 Å². The first-order chi connectivity index (χ1) is 10.6. The van der Waals surface area contributed by atoms with Crippen LogP contribution in [0.25, 0.3) is 0 Å². The number of unbranched alkanes of at least 4 members (excludes halogenated alkanes) is 1. The van der Waals surface area contributed by atoms with Crippen LogP contribution in [0.15, 0.2) is 29.6 Å². The van der Waals surface area contributed by atoms with E-state index in [1.807, 2.05) is 24.3 Å². The fourth-order valence-corrected chi connectivity index (χ4v) is 3.47. The van der Waals surface area contributed by atoms with Crippen LogP contribution in [0.1, 0.15) is 53.3 Å². The molecule has 22 heavy (non-hydrogen) atoms. The molecule has 6 heteroatoms. The smallest absolute Gasteiger partial charge is 0.271 e. The topological polar surface area (TPSA) is 68.0 Å². The van der Waals surface area contributed by atoms with Crippen LogP contribution < -0.4 is 11.1 Å². The van der Waals surface area contributed by atoms with Crippen LogP contribution in [0.2, 0.25) is 0 Å². The summed E-state index contributed by atoms with van der Waals surface area (Å²) in [5.74, 6) is -0.149. The molecule has 0 saturated heterocycles. The van der Waals surface area contributed by atoms with Crippen molar-refractivity contribution in [3.8, 4) is 0 Å². The fourth-order valence-electron chi connectivity index (χ4n) is 2.03. The van der Waals surface area contributed by atoms with Gasteiger partial charge in [0.1, 0.15) is 10.7 Å². The fraction of sp³-hybridized carbons (Fsp3) is 0.375. The minimum Gasteiger partial charge on any atom is -0.347 e. The molecule has 0 aliphatic carbocycles. The number of carbonyl (C=O) groups is 1. The molecule has 0 fully saturated rings. The average Bonchev–Trinajstić information content (AvgIpc) is 3.00. The zero-order chi connectivity index (χ0) is 15.9. The lowest BCUT2D eigenvalue weighted by Crippen LogP contribution is -2.23. The van der Waals surface area contributed by atoms with Crippen molar-refractivity contribution in [2.75, 3.05) is 0 Å². The van der Waals surface area contributed by atoms with Gasteiger partial charge in [-0.1, -0.05) is 31.9 Å². The molecule has 0 bridgehead atoms. The number of nitrogens with two attached hydrogens (primary N) is 1. The Kier molecular flexibility index (Phi) is 6.78. The molecule has 1 aromatic heterocycles. The van der Waals surface area contributed by atoms with Crippen molar-refractivity contribution in [1.82, 2.24) is 10.3 Å². The van der Waals surface area contributed by atoms with E-state index >= 15 is 0 Å². The molecule has 3 N–H and O–H groups in total. The van der Waals surface area contributed by atoms with E-state index in [1.165, 1.54) is 11.3 Å². The van der Waals surface area contributed by atoms with Gasteiger partial charge in [0.05, 0.1) is 6.04 Å². The Labute approximate surface area is 148 Å². The molecule has 1 heterocycles. The molecule has 0 saturated carbocycles. The molecule has 4 nitrogen and oxygen atoms in total. The maximum atomic E-state index is 12.1. The van der Waals surface area contributed by atoms with Crippen molar-refractivity contribution in [3.05, 3.63) is 49.5 Å². The summed E-state index contributed by atoms with van der Waals surface area (Å²) in [7, 11) is 0. The van der Waals surface area contributed by atoms with Crippen molar-refractivity contribution in [3.63, 3.8) is 0 Å². The van der Waals surface area contributed by atoms with Gasteiger partial charge in [0.2, 0.25) is 0 Å². The lowest BCUT2D eigenvalue weighted by atomic mass is 10.1. The highest BCUT2D eigenvalue weighted by Gasteiger charge is 2.14. The second-order valence-corrected chi connectivity index (χ2v) is 7.27. The zero-order valence-corrected chi connectivity index (χ0v) is 15.5. The van der Waals surface area contributed by atoms with Gasteiger partial charge in [0, 0.05) is 15.5 Å². The molecular weight excluding hydrogens is 409 g/mol. The van der Waals surface area contributed by atoms with Crippen LogP contribution in [-0.4, -0.2) is 10.9 Å². The summed E-state index contributed by atoms with van der Waals surface area (Å²) < 4.78 is 1.15. The lowest BCUT2D eigenvalue weighted by Gasteiger charge is -2.06. The van der Waals surface area contributed by atoms with E-state index in [9.17, 15) is 4.79 Å². The van der Waals surface area contributed by atoms with E-state index in [1.54, 1.807) is 5.38 Å². The molecule has 1 amide bonds.